The van der Waals surface area contributed by atoms with Crippen LogP contribution in [-0.2, 0) is 27.2 Å². The molecule has 0 fully saturated rings. The number of hydrogen-bond donors (Lipinski definition) is 1. The molecule has 34 heavy (non-hydrogen) atoms. The smallest absolute Gasteiger partial charge is 0.289 e. The number of ether oxygens (including phenoxy) is 2. The Morgan fingerprint density at radius 1 is 1.09 bits per heavy atom. The summed E-state index contributed by atoms with van der Waals surface area (Å²) in [5.74, 6) is -2.29. The Morgan fingerprint density at radius 3 is 2.41 bits per heavy atom. The quantitative estimate of drug-likeness (QED) is 0.278. The molecule has 11 heteroatoms. The van der Waals surface area contributed by atoms with Crippen LogP contribution in [0.2, 0.25) is 0 Å². The third kappa shape index (κ3) is 5.19. The van der Waals surface area contributed by atoms with Gasteiger partial charge in [0.25, 0.3) is 11.5 Å². The van der Waals surface area contributed by atoms with Crippen LogP contribution < -0.4 is 15.0 Å². The Morgan fingerprint density at radius 2 is 1.79 bits per heavy atom. The molecule has 3 rings (SSSR count). The number of alkyl halides is 2. The first-order valence-electron chi connectivity index (χ1n) is 10.3. The maximum absolute atomic E-state index is 14.5. The van der Waals surface area contributed by atoms with Crippen LogP contribution in [0, 0.1) is 0 Å². The Balaban J connectivity index is 2.11. The lowest BCUT2D eigenvalue weighted by molar-refractivity contribution is -0.0135. The molecule has 0 N–H and O–H groups in total. The Kier molecular flexibility index (Phi) is 7.25. The lowest BCUT2D eigenvalue weighted by Gasteiger charge is -2.18. The van der Waals surface area contributed by atoms with E-state index in [1.54, 1.807) is 18.2 Å². The second kappa shape index (κ2) is 9.80. The molecule has 182 valence electrons. The highest BCUT2D eigenvalue weighted by Gasteiger charge is 2.33. The van der Waals surface area contributed by atoms with Gasteiger partial charge in [-0.1, -0.05) is 13.0 Å². The SMILES string of the molecule is CCC(F)(F)c1cc(-c2ccc(=O)n(Cc3ccc(OC)c(OC)c3)c2)nc([SH](C)(=O)C=O)n1. The summed E-state index contributed by atoms with van der Waals surface area (Å²) in [5, 5.41) is -0.458. The minimum Gasteiger partial charge on any atom is -0.493 e. The fourth-order valence-electron chi connectivity index (χ4n) is 3.18. The third-order valence-electron chi connectivity index (χ3n) is 5.21. The van der Waals surface area contributed by atoms with Gasteiger partial charge in [-0.3, -0.25) is 13.8 Å². The molecular formula is C23H25F2N3O5S. The second-order valence-corrected chi connectivity index (χ2v) is 10.3. The van der Waals surface area contributed by atoms with Gasteiger partial charge in [-0.2, -0.15) is 8.78 Å². The standard InChI is InChI=1S/C23H25F2N3O5S/c1-5-23(24,25)20-11-17(26-22(27-20)34(4,31)14-29)16-7-9-21(30)28(13-16)12-15-6-8-18(32-2)19(10-15)33-3/h6-11,13-14,34H,5,12H2,1-4H3. The molecule has 8 nitrogen and oxygen atoms in total. The molecule has 0 aliphatic rings. The fourth-order valence-corrected chi connectivity index (χ4v) is 3.89. The summed E-state index contributed by atoms with van der Waals surface area (Å²) in [6, 6.07) is 8.98. The van der Waals surface area contributed by atoms with E-state index in [0.717, 1.165) is 17.9 Å². The molecule has 0 aliphatic heterocycles. The molecule has 0 aliphatic carbocycles. The van der Waals surface area contributed by atoms with Crippen LogP contribution >= 0.6 is 0 Å². The van der Waals surface area contributed by atoms with Gasteiger partial charge in [0, 0.05) is 40.4 Å². The van der Waals surface area contributed by atoms with Crippen LogP contribution in [0.4, 0.5) is 8.78 Å². The zero-order chi connectivity index (χ0) is 25.1. The van der Waals surface area contributed by atoms with Crippen LogP contribution in [0.3, 0.4) is 0 Å². The molecule has 0 radical (unpaired) electrons. The van der Waals surface area contributed by atoms with Crippen molar-refractivity contribution in [2.45, 2.75) is 31.0 Å². The number of rotatable bonds is 9. The summed E-state index contributed by atoms with van der Waals surface area (Å²) in [6.45, 7) is 1.44. The molecule has 1 aromatic carbocycles. The van der Waals surface area contributed by atoms with Crippen molar-refractivity contribution in [1.82, 2.24) is 14.5 Å². The van der Waals surface area contributed by atoms with E-state index in [4.69, 9.17) is 9.47 Å². The first-order chi connectivity index (χ1) is 16.0. The minimum atomic E-state index is -3.70. The predicted molar refractivity (Wildman–Crippen MR) is 125 cm³/mol. The lowest BCUT2D eigenvalue weighted by atomic mass is 10.1. The molecule has 0 atom stereocenters. The Hall–Kier alpha value is -3.47. The van der Waals surface area contributed by atoms with Gasteiger partial charge in [-0.05, 0) is 29.8 Å². The molecule has 0 unspecified atom stereocenters. The summed E-state index contributed by atoms with van der Waals surface area (Å²) in [5.41, 5.74) is 0.286. The van der Waals surface area contributed by atoms with E-state index in [-0.39, 0.29) is 23.4 Å². The van der Waals surface area contributed by atoms with Crippen LogP contribution in [-0.4, -0.2) is 44.8 Å². The number of aromatic nitrogens is 3. The number of hydrogen-bond acceptors (Lipinski definition) is 7. The largest absolute Gasteiger partial charge is 0.493 e. The van der Waals surface area contributed by atoms with Crippen molar-refractivity contribution < 1.29 is 27.3 Å². The molecule has 2 aromatic heterocycles. The van der Waals surface area contributed by atoms with Gasteiger partial charge in [0.1, 0.15) is 5.69 Å². The summed E-state index contributed by atoms with van der Waals surface area (Å²) in [4.78, 5) is 31.7. The van der Waals surface area contributed by atoms with Crippen molar-refractivity contribution in [2.24, 2.45) is 0 Å². The van der Waals surface area contributed by atoms with Gasteiger partial charge in [0.05, 0.1) is 26.5 Å². The van der Waals surface area contributed by atoms with Crippen molar-refractivity contribution in [2.75, 3.05) is 20.5 Å². The van der Waals surface area contributed by atoms with E-state index in [1.807, 2.05) is 0 Å². The predicted octanol–water partition coefficient (Wildman–Crippen LogP) is 3.07. The van der Waals surface area contributed by atoms with Gasteiger partial charge in [-0.15, -0.1) is 0 Å². The highest BCUT2D eigenvalue weighted by atomic mass is 32.2. The highest BCUT2D eigenvalue weighted by molar-refractivity contribution is 8.14. The fraction of sp³-hybridized carbons (Fsp3) is 0.304. The summed E-state index contributed by atoms with van der Waals surface area (Å²) in [6.07, 6.45) is 2.03. The Labute approximate surface area is 196 Å². The monoisotopic (exact) mass is 493 g/mol. The molecule has 0 saturated heterocycles. The van der Waals surface area contributed by atoms with Crippen molar-refractivity contribution in [3.05, 3.63) is 64.2 Å². The van der Waals surface area contributed by atoms with Crippen molar-refractivity contribution in [1.29, 1.82) is 0 Å². The molecule has 2 heterocycles. The number of nitrogens with zero attached hydrogens (tertiary/aromatic N) is 3. The molecule has 0 bridgehead atoms. The number of carbonyl (C=O) groups is 1. The van der Waals surface area contributed by atoms with Crippen molar-refractivity contribution >= 4 is 15.6 Å². The van der Waals surface area contributed by atoms with Crippen LogP contribution in [0.1, 0.15) is 24.6 Å². The minimum absolute atomic E-state index is 0.0260. The summed E-state index contributed by atoms with van der Waals surface area (Å²) in [7, 11) is -0.696. The van der Waals surface area contributed by atoms with Crippen molar-refractivity contribution in [3.63, 3.8) is 0 Å². The number of halogens is 2. The first-order valence-corrected chi connectivity index (χ1v) is 12.5. The zero-order valence-electron chi connectivity index (χ0n) is 19.1. The number of methoxy groups -OCH3 is 2. The van der Waals surface area contributed by atoms with E-state index in [1.165, 1.54) is 44.0 Å². The second-order valence-electron chi connectivity index (χ2n) is 7.67. The highest BCUT2D eigenvalue weighted by Crippen LogP contribution is 2.33. The molecule has 0 saturated carbocycles. The first kappa shape index (κ1) is 25.2. The summed E-state index contributed by atoms with van der Waals surface area (Å²) < 4.78 is 53.4. The average molecular weight is 494 g/mol. The summed E-state index contributed by atoms with van der Waals surface area (Å²) >= 11 is 0. The topological polar surface area (TPSA) is 100 Å². The number of thiol groups is 1. The van der Waals surface area contributed by atoms with E-state index >= 15 is 0 Å². The lowest BCUT2D eigenvalue weighted by Crippen LogP contribution is -2.22. The average Bonchev–Trinajstić information content (AvgIpc) is 2.84. The van der Waals surface area contributed by atoms with E-state index in [9.17, 15) is 22.6 Å². The van der Waals surface area contributed by atoms with Crippen molar-refractivity contribution in [3.8, 4) is 22.8 Å². The Bertz CT molecular complexity index is 1330. The van der Waals surface area contributed by atoms with Gasteiger partial charge in [0.2, 0.25) is 5.16 Å². The number of carbonyl (C=O) groups excluding carboxylic acids is 1. The van der Waals surface area contributed by atoms with Crippen LogP contribution in [0.5, 0.6) is 11.5 Å². The van der Waals surface area contributed by atoms with Crippen LogP contribution in [0.25, 0.3) is 11.3 Å². The molecule has 0 amide bonds. The third-order valence-corrected chi connectivity index (χ3v) is 6.61. The number of benzene rings is 1. The maximum atomic E-state index is 14.5. The van der Waals surface area contributed by atoms with E-state index in [0.29, 0.717) is 17.1 Å². The zero-order valence-corrected chi connectivity index (χ0v) is 20.0. The van der Waals surface area contributed by atoms with E-state index in [2.05, 4.69) is 9.97 Å². The molecular weight excluding hydrogens is 468 g/mol. The van der Waals surface area contributed by atoms with E-state index < -0.39 is 33.1 Å². The van der Waals surface area contributed by atoms with Gasteiger partial charge in [0.15, 0.2) is 17.1 Å². The number of pyridine rings is 1. The van der Waals surface area contributed by atoms with Gasteiger partial charge >= 0.3 is 0 Å². The normalized spacial score (nSPS) is 12.3. The molecule has 0 spiro atoms. The van der Waals surface area contributed by atoms with Crippen LogP contribution in [0.15, 0.2) is 52.5 Å². The molecule has 3 aromatic rings. The van der Waals surface area contributed by atoms with Gasteiger partial charge in [-0.25, -0.2) is 9.97 Å². The van der Waals surface area contributed by atoms with Gasteiger partial charge < -0.3 is 14.0 Å². The maximum Gasteiger partial charge on any atom is 0.289 e.